The number of para-hydroxylation sites is 2. The molecule has 2 aromatic carbocycles. The second-order valence-corrected chi connectivity index (χ2v) is 8.33. The topological polar surface area (TPSA) is 57.5 Å². The molecule has 0 heterocycles. The minimum atomic E-state index is 0.401. The third-order valence-corrected chi connectivity index (χ3v) is 5.79. The van der Waals surface area contributed by atoms with E-state index in [0.29, 0.717) is 17.3 Å². The summed E-state index contributed by atoms with van der Waals surface area (Å²) < 4.78 is 0. The van der Waals surface area contributed by atoms with E-state index in [9.17, 15) is 15.0 Å². The number of phenols is 2. The summed E-state index contributed by atoms with van der Waals surface area (Å²) in [7, 11) is 0. The molecule has 0 aliphatic carbocycles. The fourth-order valence-electron chi connectivity index (χ4n) is 3.91. The number of hydrogen-bond donors (Lipinski definition) is 2. The third kappa shape index (κ3) is 9.96. The maximum Gasteiger partial charge on any atom is 0.132 e. The monoisotopic (exact) mass is 410 g/mol. The van der Waals surface area contributed by atoms with Gasteiger partial charge in [0.25, 0.3) is 0 Å². The van der Waals surface area contributed by atoms with Crippen LogP contribution < -0.4 is 0 Å². The first-order valence-corrected chi connectivity index (χ1v) is 11.7. The Balaban J connectivity index is 1.37. The first-order chi connectivity index (χ1) is 14.7. The number of hydrogen-bond acceptors (Lipinski definition) is 3. The smallest absolute Gasteiger partial charge is 0.132 e. The van der Waals surface area contributed by atoms with Gasteiger partial charge >= 0.3 is 0 Å². The van der Waals surface area contributed by atoms with Crippen LogP contribution in [0.15, 0.2) is 48.5 Å². The van der Waals surface area contributed by atoms with Crippen molar-refractivity contribution < 1.29 is 15.0 Å². The van der Waals surface area contributed by atoms with E-state index in [1.807, 2.05) is 36.4 Å². The van der Waals surface area contributed by atoms with Gasteiger partial charge in [0, 0.05) is 12.8 Å². The predicted molar refractivity (Wildman–Crippen MR) is 124 cm³/mol. The van der Waals surface area contributed by atoms with Crippen molar-refractivity contribution in [2.75, 3.05) is 0 Å². The van der Waals surface area contributed by atoms with E-state index in [-0.39, 0.29) is 0 Å². The maximum absolute atomic E-state index is 12.0. The first kappa shape index (κ1) is 24.0. The lowest BCUT2D eigenvalue weighted by atomic mass is 10.0. The first-order valence-electron chi connectivity index (χ1n) is 11.7. The van der Waals surface area contributed by atoms with E-state index < -0.39 is 0 Å². The summed E-state index contributed by atoms with van der Waals surface area (Å²) in [5, 5.41) is 19.5. The van der Waals surface area contributed by atoms with Gasteiger partial charge in [0.15, 0.2) is 0 Å². The minimum Gasteiger partial charge on any atom is -0.508 e. The van der Waals surface area contributed by atoms with E-state index in [0.717, 1.165) is 101 Å². The highest BCUT2D eigenvalue weighted by Crippen LogP contribution is 2.20. The molecule has 0 saturated carbocycles. The van der Waals surface area contributed by atoms with Gasteiger partial charge in [0.2, 0.25) is 0 Å². The van der Waals surface area contributed by atoms with Crippen LogP contribution in [0, 0.1) is 0 Å². The number of phenolic OH excluding ortho intramolecular Hbond substituents is 2. The van der Waals surface area contributed by atoms with Crippen molar-refractivity contribution in [2.24, 2.45) is 0 Å². The van der Waals surface area contributed by atoms with Crippen LogP contribution >= 0.6 is 0 Å². The molecule has 2 rings (SSSR count). The lowest BCUT2D eigenvalue weighted by Crippen LogP contribution is -1.98. The molecule has 0 atom stereocenters. The molecule has 2 aromatic rings. The van der Waals surface area contributed by atoms with Crippen LogP contribution in [0.2, 0.25) is 0 Å². The largest absolute Gasteiger partial charge is 0.508 e. The zero-order chi connectivity index (χ0) is 21.4. The zero-order valence-electron chi connectivity index (χ0n) is 18.3. The van der Waals surface area contributed by atoms with Crippen LogP contribution in [-0.4, -0.2) is 16.0 Å². The van der Waals surface area contributed by atoms with Crippen molar-refractivity contribution in [2.45, 2.75) is 89.9 Å². The number of rotatable bonds is 16. The molecule has 0 amide bonds. The number of carbonyl (C=O) groups excluding carboxylic acids is 1. The number of aromatic hydroxyl groups is 2. The Labute approximate surface area is 182 Å². The summed E-state index contributed by atoms with van der Waals surface area (Å²) in [6.45, 7) is 0. The summed E-state index contributed by atoms with van der Waals surface area (Å²) in [6, 6.07) is 15.1. The Morgan fingerprint density at radius 3 is 1.33 bits per heavy atom. The van der Waals surface area contributed by atoms with E-state index in [2.05, 4.69) is 0 Å². The Bertz CT molecular complexity index is 677. The average molecular weight is 411 g/mol. The van der Waals surface area contributed by atoms with Gasteiger partial charge in [-0.3, -0.25) is 4.79 Å². The molecular formula is C27H38O3. The third-order valence-electron chi connectivity index (χ3n) is 5.79. The van der Waals surface area contributed by atoms with Gasteiger partial charge in [0.1, 0.15) is 17.3 Å². The molecule has 0 bridgehead atoms. The van der Waals surface area contributed by atoms with Crippen LogP contribution in [0.1, 0.15) is 88.2 Å². The lowest BCUT2D eigenvalue weighted by molar-refractivity contribution is -0.119. The Kier molecular flexibility index (Phi) is 11.7. The van der Waals surface area contributed by atoms with Crippen molar-refractivity contribution >= 4 is 5.78 Å². The number of Topliss-reactive ketones (excluding diaryl/α,β-unsaturated/α-hetero) is 1. The standard InChI is InChI=1S/C27H38O3/c28-25(19-9-5-1-3-7-15-23-17-11-13-21-26(23)29)20-10-6-2-4-8-16-24-18-12-14-22-27(24)30/h11-14,17-18,21-22,29-30H,1-10,15-16,19-20H2. The summed E-state index contributed by atoms with van der Waals surface area (Å²) in [5.74, 6) is 1.22. The molecule has 0 aromatic heterocycles. The zero-order valence-corrected chi connectivity index (χ0v) is 18.3. The van der Waals surface area contributed by atoms with Crippen LogP contribution in [0.5, 0.6) is 11.5 Å². The summed E-state index contributed by atoms with van der Waals surface area (Å²) in [5.41, 5.74) is 2.07. The van der Waals surface area contributed by atoms with Crippen LogP contribution in [-0.2, 0) is 17.6 Å². The quantitative estimate of drug-likeness (QED) is 0.289. The summed E-state index contributed by atoms with van der Waals surface area (Å²) in [6.07, 6.45) is 14.4. The molecule has 0 fully saturated rings. The van der Waals surface area contributed by atoms with Gasteiger partial charge in [0.05, 0.1) is 0 Å². The van der Waals surface area contributed by atoms with Crippen LogP contribution in [0.3, 0.4) is 0 Å². The molecule has 0 aliphatic heterocycles. The van der Waals surface area contributed by atoms with Gasteiger partial charge in [-0.1, -0.05) is 74.9 Å². The van der Waals surface area contributed by atoms with Crippen molar-refractivity contribution in [3.05, 3.63) is 59.7 Å². The van der Waals surface area contributed by atoms with Crippen molar-refractivity contribution in [1.29, 1.82) is 0 Å². The molecule has 3 heteroatoms. The molecule has 0 aliphatic rings. The molecule has 2 N–H and O–H groups in total. The molecular weight excluding hydrogens is 372 g/mol. The Morgan fingerprint density at radius 1 is 0.533 bits per heavy atom. The minimum absolute atomic E-state index is 0.401. The molecule has 0 saturated heterocycles. The second-order valence-electron chi connectivity index (χ2n) is 8.33. The second kappa shape index (κ2) is 14.7. The maximum atomic E-state index is 12.0. The predicted octanol–water partition coefficient (Wildman–Crippen LogP) is 7.13. The highest BCUT2D eigenvalue weighted by Gasteiger charge is 2.03. The fourth-order valence-corrected chi connectivity index (χ4v) is 3.91. The number of benzene rings is 2. The van der Waals surface area contributed by atoms with Crippen LogP contribution in [0.4, 0.5) is 0 Å². The number of ketones is 1. The highest BCUT2D eigenvalue weighted by atomic mass is 16.3. The SMILES string of the molecule is O=C(CCCCCCCc1ccccc1O)CCCCCCCc1ccccc1O. The van der Waals surface area contributed by atoms with E-state index in [1.54, 1.807) is 12.1 Å². The number of unbranched alkanes of at least 4 members (excludes halogenated alkanes) is 8. The van der Waals surface area contributed by atoms with Gasteiger partial charge in [-0.15, -0.1) is 0 Å². The molecule has 0 spiro atoms. The average Bonchev–Trinajstić information content (AvgIpc) is 2.74. The van der Waals surface area contributed by atoms with E-state index in [1.165, 1.54) is 0 Å². The fraction of sp³-hybridized carbons (Fsp3) is 0.519. The molecule has 164 valence electrons. The van der Waals surface area contributed by atoms with Crippen molar-refractivity contribution in [3.63, 3.8) is 0 Å². The Hall–Kier alpha value is -2.29. The lowest BCUT2D eigenvalue weighted by Gasteiger charge is -2.05. The summed E-state index contributed by atoms with van der Waals surface area (Å²) >= 11 is 0. The Morgan fingerprint density at radius 2 is 0.900 bits per heavy atom. The molecule has 0 unspecified atom stereocenters. The van der Waals surface area contributed by atoms with E-state index >= 15 is 0 Å². The normalized spacial score (nSPS) is 10.9. The van der Waals surface area contributed by atoms with Crippen molar-refractivity contribution in [3.8, 4) is 11.5 Å². The van der Waals surface area contributed by atoms with Gasteiger partial charge < -0.3 is 10.2 Å². The molecule has 0 radical (unpaired) electrons. The molecule has 3 nitrogen and oxygen atoms in total. The van der Waals surface area contributed by atoms with Gasteiger partial charge in [-0.25, -0.2) is 0 Å². The number of aryl methyl sites for hydroxylation is 2. The van der Waals surface area contributed by atoms with Gasteiger partial charge in [-0.05, 0) is 61.8 Å². The number of carbonyl (C=O) groups is 1. The van der Waals surface area contributed by atoms with Crippen molar-refractivity contribution in [1.82, 2.24) is 0 Å². The van der Waals surface area contributed by atoms with E-state index in [4.69, 9.17) is 0 Å². The summed E-state index contributed by atoms with van der Waals surface area (Å²) in [4.78, 5) is 12.0. The van der Waals surface area contributed by atoms with Crippen LogP contribution in [0.25, 0.3) is 0 Å². The van der Waals surface area contributed by atoms with Gasteiger partial charge in [-0.2, -0.15) is 0 Å². The molecule has 30 heavy (non-hydrogen) atoms. The highest BCUT2D eigenvalue weighted by molar-refractivity contribution is 5.78.